The Morgan fingerprint density at radius 1 is 1.26 bits per heavy atom. The molecule has 0 unspecified atom stereocenters. The minimum absolute atomic E-state index is 0.0962. The largest absolute Gasteiger partial charge is 0.348 e. The van der Waals surface area contributed by atoms with Crippen LogP contribution in [-0.4, -0.2) is 51.4 Å². The van der Waals surface area contributed by atoms with Crippen LogP contribution in [0.15, 0.2) is 41.5 Å². The molecule has 8 heteroatoms. The van der Waals surface area contributed by atoms with Crippen LogP contribution in [0, 0.1) is 0 Å². The molecule has 0 saturated heterocycles. The first kappa shape index (κ1) is 17.0. The number of nitrogens with zero attached hydrogens (tertiary/aromatic N) is 4. The van der Waals surface area contributed by atoms with Gasteiger partial charge in [0.15, 0.2) is 0 Å². The van der Waals surface area contributed by atoms with Gasteiger partial charge in [-0.3, -0.25) is 14.6 Å². The number of benzene rings is 1. The smallest absolute Gasteiger partial charge is 0.255 e. The lowest BCUT2D eigenvalue weighted by atomic mass is 10.0. The van der Waals surface area contributed by atoms with Crippen molar-refractivity contribution in [1.82, 2.24) is 24.8 Å². The summed E-state index contributed by atoms with van der Waals surface area (Å²) in [6, 6.07) is 7.39. The molecule has 1 amide bonds. The molecule has 1 aliphatic heterocycles. The third-order valence-electron chi connectivity index (χ3n) is 4.68. The molecule has 0 fully saturated rings. The fourth-order valence-electron chi connectivity index (χ4n) is 3.27. The molecule has 1 aromatic carbocycles. The van der Waals surface area contributed by atoms with Gasteiger partial charge in [0, 0.05) is 44.2 Å². The van der Waals surface area contributed by atoms with Gasteiger partial charge in [-0.2, -0.15) is 0 Å². The van der Waals surface area contributed by atoms with E-state index in [4.69, 9.17) is 0 Å². The number of H-pyrrole nitrogens is 2. The first-order valence-corrected chi connectivity index (χ1v) is 8.72. The summed E-state index contributed by atoms with van der Waals surface area (Å²) in [7, 11) is 3.63. The van der Waals surface area contributed by atoms with Gasteiger partial charge >= 0.3 is 0 Å². The first-order chi connectivity index (χ1) is 13.0. The summed E-state index contributed by atoms with van der Waals surface area (Å²) >= 11 is 0. The van der Waals surface area contributed by atoms with Gasteiger partial charge in [-0.05, 0) is 12.5 Å². The number of aromatic amines is 2. The number of carbonyl (C=O) groups is 1. The molecule has 27 heavy (non-hydrogen) atoms. The summed E-state index contributed by atoms with van der Waals surface area (Å²) in [5.74, 6) is 1.05. The number of nitrogens with one attached hydrogen (secondary N) is 2. The van der Waals surface area contributed by atoms with Gasteiger partial charge in [-0.1, -0.05) is 18.2 Å². The minimum atomic E-state index is -0.133. The third kappa shape index (κ3) is 3.10. The van der Waals surface area contributed by atoms with Crippen LogP contribution >= 0.6 is 0 Å². The van der Waals surface area contributed by atoms with E-state index in [0.29, 0.717) is 48.1 Å². The van der Waals surface area contributed by atoms with Gasteiger partial charge in [0.2, 0.25) is 5.95 Å². The Bertz CT molecular complexity index is 1040. The SMILES string of the molecule is CN(C)c1nc2c(c(=O)[nH]1)CCN(C(=O)c1ccccc1-c1ncc[nH]1)C2. The molecule has 4 rings (SSSR count). The predicted octanol–water partition coefficient (Wildman–Crippen LogP) is 1.42. The first-order valence-electron chi connectivity index (χ1n) is 8.72. The predicted molar refractivity (Wildman–Crippen MR) is 102 cm³/mol. The average Bonchev–Trinajstić information content (AvgIpc) is 3.21. The van der Waals surface area contributed by atoms with Crippen molar-refractivity contribution in [2.45, 2.75) is 13.0 Å². The maximum atomic E-state index is 13.2. The van der Waals surface area contributed by atoms with E-state index in [-0.39, 0.29) is 11.5 Å². The summed E-state index contributed by atoms with van der Waals surface area (Å²) < 4.78 is 0. The Hall–Kier alpha value is -3.42. The van der Waals surface area contributed by atoms with E-state index < -0.39 is 0 Å². The fraction of sp³-hybridized carbons (Fsp3) is 0.263. The van der Waals surface area contributed by atoms with Crippen LogP contribution in [0.2, 0.25) is 0 Å². The van der Waals surface area contributed by atoms with Gasteiger partial charge < -0.3 is 14.8 Å². The Labute approximate surface area is 155 Å². The zero-order valence-electron chi connectivity index (χ0n) is 15.2. The third-order valence-corrected chi connectivity index (χ3v) is 4.68. The second-order valence-corrected chi connectivity index (χ2v) is 6.67. The quantitative estimate of drug-likeness (QED) is 0.733. The molecule has 0 aliphatic carbocycles. The number of amides is 1. The number of anilines is 1. The standard InChI is InChI=1S/C19H20N6O2/c1-24(2)19-22-15-11-25(10-7-14(15)17(26)23-19)18(27)13-6-4-3-5-12(13)16-20-8-9-21-16/h3-6,8-9H,7,10-11H2,1-2H3,(H,20,21)(H,22,23,26). The highest BCUT2D eigenvalue weighted by Gasteiger charge is 2.27. The van der Waals surface area contributed by atoms with Crippen molar-refractivity contribution in [2.75, 3.05) is 25.5 Å². The zero-order chi connectivity index (χ0) is 19.0. The van der Waals surface area contributed by atoms with Gasteiger partial charge in [0.1, 0.15) is 5.82 Å². The van der Waals surface area contributed by atoms with Gasteiger partial charge in [-0.25, -0.2) is 9.97 Å². The van der Waals surface area contributed by atoms with E-state index in [2.05, 4.69) is 19.9 Å². The number of fused-ring (bicyclic) bond motifs is 1. The van der Waals surface area contributed by atoms with Crippen LogP contribution in [0.1, 0.15) is 21.6 Å². The Morgan fingerprint density at radius 3 is 2.81 bits per heavy atom. The van der Waals surface area contributed by atoms with Crippen LogP contribution < -0.4 is 10.5 Å². The average molecular weight is 364 g/mol. The molecule has 0 spiro atoms. The van der Waals surface area contributed by atoms with E-state index >= 15 is 0 Å². The molecule has 2 N–H and O–H groups in total. The van der Waals surface area contributed by atoms with Crippen LogP contribution in [0.5, 0.6) is 0 Å². The lowest BCUT2D eigenvalue weighted by molar-refractivity contribution is 0.0732. The topological polar surface area (TPSA) is 98.0 Å². The maximum Gasteiger partial charge on any atom is 0.255 e. The summed E-state index contributed by atoms with van der Waals surface area (Å²) in [6.45, 7) is 0.788. The number of imidazole rings is 1. The monoisotopic (exact) mass is 364 g/mol. The van der Waals surface area contributed by atoms with Gasteiger partial charge in [0.25, 0.3) is 11.5 Å². The van der Waals surface area contributed by atoms with Gasteiger partial charge in [-0.15, -0.1) is 0 Å². The van der Waals surface area contributed by atoms with E-state index in [9.17, 15) is 9.59 Å². The van der Waals surface area contributed by atoms with Crippen molar-refractivity contribution < 1.29 is 4.79 Å². The van der Waals surface area contributed by atoms with Crippen LogP contribution in [0.4, 0.5) is 5.95 Å². The molecule has 138 valence electrons. The number of rotatable bonds is 3. The highest BCUT2D eigenvalue weighted by atomic mass is 16.2. The normalized spacial score (nSPS) is 13.3. The van der Waals surface area contributed by atoms with Crippen molar-refractivity contribution in [3.05, 3.63) is 63.8 Å². The molecule has 0 bridgehead atoms. The summed E-state index contributed by atoms with van der Waals surface area (Å²) in [6.07, 6.45) is 3.87. The lowest BCUT2D eigenvalue weighted by Crippen LogP contribution is -2.39. The molecule has 2 aromatic heterocycles. The van der Waals surface area contributed by atoms with Crippen LogP contribution in [-0.2, 0) is 13.0 Å². The highest BCUT2D eigenvalue weighted by molar-refractivity contribution is 6.00. The zero-order valence-corrected chi connectivity index (χ0v) is 15.2. The van der Waals surface area contributed by atoms with Crippen LogP contribution in [0.3, 0.4) is 0 Å². The molecule has 3 heterocycles. The molecule has 0 saturated carbocycles. The number of aromatic nitrogens is 4. The maximum absolute atomic E-state index is 13.2. The fourth-order valence-corrected chi connectivity index (χ4v) is 3.27. The van der Waals surface area contributed by atoms with Crippen LogP contribution in [0.25, 0.3) is 11.4 Å². The molecule has 0 atom stereocenters. The number of hydrogen-bond donors (Lipinski definition) is 2. The van der Waals surface area contributed by atoms with Crippen molar-refractivity contribution >= 4 is 11.9 Å². The minimum Gasteiger partial charge on any atom is -0.348 e. The van der Waals surface area contributed by atoms with Crippen molar-refractivity contribution in [1.29, 1.82) is 0 Å². The summed E-state index contributed by atoms with van der Waals surface area (Å²) in [5, 5.41) is 0. The Kier molecular flexibility index (Phi) is 4.23. The van der Waals surface area contributed by atoms with E-state index in [1.807, 2.05) is 32.3 Å². The molecule has 3 aromatic rings. The molecular weight excluding hydrogens is 344 g/mol. The van der Waals surface area contributed by atoms with Crippen molar-refractivity contribution in [3.63, 3.8) is 0 Å². The second-order valence-electron chi connectivity index (χ2n) is 6.67. The van der Waals surface area contributed by atoms with E-state index in [0.717, 1.165) is 5.56 Å². The Morgan fingerprint density at radius 2 is 2.07 bits per heavy atom. The highest BCUT2D eigenvalue weighted by Crippen LogP contribution is 2.24. The van der Waals surface area contributed by atoms with E-state index in [1.165, 1.54) is 0 Å². The summed E-state index contributed by atoms with van der Waals surface area (Å²) in [5.41, 5.74) is 2.51. The summed E-state index contributed by atoms with van der Waals surface area (Å²) in [4.78, 5) is 43.6. The molecule has 8 nitrogen and oxygen atoms in total. The second kappa shape index (κ2) is 6.71. The number of hydrogen-bond acceptors (Lipinski definition) is 5. The van der Waals surface area contributed by atoms with Gasteiger partial charge in [0.05, 0.1) is 17.8 Å². The number of carbonyl (C=O) groups excluding carboxylic acids is 1. The molecule has 0 radical (unpaired) electrons. The molecular formula is C19H20N6O2. The lowest BCUT2D eigenvalue weighted by Gasteiger charge is -2.29. The van der Waals surface area contributed by atoms with E-state index in [1.54, 1.807) is 28.3 Å². The van der Waals surface area contributed by atoms with Crippen molar-refractivity contribution in [3.8, 4) is 11.4 Å². The van der Waals surface area contributed by atoms with Crippen molar-refractivity contribution in [2.24, 2.45) is 0 Å². The Balaban J connectivity index is 1.67. The molecule has 1 aliphatic rings.